The molecule has 5 aliphatic carbocycles. The van der Waals surface area contributed by atoms with E-state index < -0.39 is 11.4 Å². The highest BCUT2D eigenvalue weighted by Gasteiger charge is 2.74. The lowest BCUT2D eigenvalue weighted by molar-refractivity contribution is -0.261. The van der Waals surface area contributed by atoms with Gasteiger partial charge in [0.05, 0.1) is 5.41 Å². The molecule has 0 radical (unpaired) electrons. The summed E-state index contributed by atoms with van der Waals surface area (Å²) in [5.41, 5.74) is 0.232. The smallest absolute Gasteiger partial charge is 0.310 e. The van der Waals surface area contributed by atoms with Gasteiger partial charge >= 0.3 is 5.97 Å². The van der Waals surface area contributed by atoms with Gasteiger partial charge in [-0.15, -0.1) is 0 Å². The molecule has 3 nitrogen and oxygen atoms in total. The molecule has 5 fully saturated rings. The standard InChI is InChI=1S/C30H48O3/c1-19-20(31)8-9-21-27(19,5)11-10-22-28(6)15-14-26(4)13-12-25(2,3)18-23(26)29(28,7)16-17-30(21,22)24(32)33/h19,21-23H,8-18H2,1-7H3,(H,32,33)/t19-,21+,22+,23+,26+,27+,28+,29-,30+/m0/s1. The molecule has 0 aromatic rings. The van der Waals surface area contributed by atoms with E-state index in [2.05, 4.69) is 48.5 Å². The maximum absolute atomic E-state index is 13.4. The van der Waals surface area contributed by atoms with Gasteiger partial charge < -0.3 is 5.11 Å². The van der Waals surface area contributed by atoms with Crippen molar-refractivity contribution < 1.29 is 14.7 Å². The fraction of sp³-hybridized carbons (Fsp3) is 0.933. The van der Waals surface area contributed by atoms with Gasteiger partial charge in [-0.3, -0.25) is 9.59 Å². The number of carbonyl (C=O) groups is 2. The molecule has 0 amide bonds. The maximum Gasteiger partial charge on any atom is 0.310 e. The van der Waals surface area contributed by atoms with Gasteiger partial charge in [0.15, 0.2) is 0 Å². The van der Waals surface area contributed by atoms with E-state index in [1.807, 2.05) is 0 Å². The second-order valence-corrected chi connectivity index (χ2v) is 15.1. The molecule has 9 atom stereocenters. The predicted octanol–water partition coefficient (Wildman–Crippen LogP) is 7.52. The molecule has 5 saturated carbocycles. The molecule has 3 heteroatoms. The number of hydrogen-bond acceptors (Lipinski definition) is 2. The highest BCUT2D eigenvalue weighted by atomic mass is 16.4. The van der Waals surface area contributed by atoms with Crippen LogP contribution in [-0.4, -0.2) is 16.9 Å². The SMILES string of the molecule is C[C@H]1C(=O)CC[C@@H]2[C@]1(C)CC[C@H]1[C@@]2(C(=O)O)CC[C@@]2(C)[C@@H]3CC(C)(C)CC[C@]3(C)CC[C@]12C. The number of aliphatic carboxylic acids is 1. The molecule has 0 aliphatic heterocycles. The third kappa shape index (κ3) is 2.80. The Morgan fingerprint density at radius 1 is 0.788 bits per heavy atom. The van der Waals surface area contributed by atoms with Gasteiger partial charge in [-0.25, -0.2) is 0 Å². The minimum atomic E-state index is -0.659. The van der Waals surface area contributed by atoms with E-state index in [0.29, 0.717) is 29.0 Å². The zero-order valence-electron chi connectivity index (χ0n) is 22.4. The van der Waals surface area contributed by atoms with E-state index in [0.717, 1.165) is 32.1 Å². The van der Waals surface area contributed by atoms with Crippen molar-refractivity contribution in [3.63, 3.8) is 0 Å². The van der Waals surface area contributed by atoms with Crippen LogP contribution in [0.5, 0.6) is 0 Å². The van der Waals surface area contributed by atoms with Gasteiger partial charge in [0.1, 0.15) is 5.78 Å². The Bertz CT molecular complexity index is 876. The minimum Gasteiger partial charge on any atom is -0.481 e. The van der Waals surface area contributed by atoms with Crippen molar-refractivity contribution in [2.45, 2.75) is 119 Å². The zero-order chi connectivity index (χ0) is 24.2. The van der Waals surface area contributed by atoms with Gasteiger partial charge in [-0.1, -0.05) is 48.5 Å². The highest BCUT2D eigenvalue weighted by molar-refractivity contribution is 5.84. The minimum absolute atomic E-state index is 0.0108. The number of fused-ring (bicyclic) bond motifs is 7. The van der Waals surface area contributed by atoms with Gasteiger partial charge in [-0.05, 0) is 109 Å². The quantitative estimate of drug-likeness (QED) is 0.444. The van der Waals surface area contributed by atoms with Crippen LogP contribution in [0.4, 0.5) is 0 Å². The van der Waals surface area contributed by atoms with Crippen LogP contribution in [0, 0.1) is 56.2 Å². The lowest BCUT2D eigenvalue weighted by atomic mass is 9.30. The second kappa shape index (κ2) is 6.88. The first-order valence-corrected chi connectivity index (χ1v) is 13.9. The van der Waals surface area contributed by atoms with Crippen molar-refractivity contribution in [2.75, 3.05) is 0 Å². The summed E-state index contributed by atoms with van der Waals surface area (Å²) in [4.78, 5) is 26.1. The van der Waals surface area contributed by atoms with Crippen LogP contribution in [0.2, 0.25) is 0 Å². The molecule has 0 saturated heterocycles. The Balaban J connectivity index is 1.61. The first-order valence-electron chi connectivity index (χ1n) is 13.9. The van der Waals surface area contributed by atoms with Crippen LogP contribution in [0.15, 0.2) is 0 Å². The van der Waals surface area contributed by atoms with Crippen molar-refractivity contribution in [3.8, 4) is 0 Å². The van der Waals surface area contributed by atoms with Crippen molar-refractivity contribution >= 4 is 11.8 Å². The van der Waals surface area contributed by atoms with Gasteiger partial charge in [0, 0.05) is 12.3 Å². The van der Waals surface area contributed by atoms with E-state index in [4.69, 9.17) is 0 Å². The molecule has 0 aromatic heterocycles. The Kier molecular flexibility index (Phi) is 4.97. The molecule has 0 spiro atoms. The van der Waals surface area contributed by atoms with E-state index in [-0.39, 0.29) is 34.0 Å². The highest BCUT2D eigenvalue weighted by Crippen LogP contribution is 2.78. The Morgan fingerprint density at radius 3 is 2.06 bits per heavy atom. The lowest BCUT2D eigenvalue weighted by Crippen LogP contribution is -2.70. The number of carboxylic acids is 1. The average molecular weight is 457 g/mol. The van der Waals surface area contributed by atoms with E-state index in [1.54, 1.807) is 0 Å². The fourth-order valence-corrected chi connectivity index (χ4v) is 11.1. The predicted molar refractivity (Wildman–Crippen MR) is 132 cm³/mol. The normalized spacial score (nSPS) is 55.5. The summed E-state index contributed by atoms with van der Waals surface area (Å²) >= 11 is 0. The van der Waals surface area contributed by atoms with Crippen LogP contribution in [0.1, 0.15) is 119 Å². The number of carboxylic acid groups (broad SMARTS) is 1. The van der Waals surface area contributed by atoms with Crippen molar-refractivity contribution in [1.29, 1.82) is 0 Å². The topological polar surface area (TPSA) is 54.4 Å². The third-order valence-corrected chi connectivity index (χ3v) is 13.6. The summed E-state index contributed by atoms with van der Waals surface area (Å²) < 4.78 is 0. The molecular weight excluding hydrogens is 408 g/mol. The Morgan fingerprint density at radius 2 is 1.39 bits per heavy atom. The molecule has 0 aromatic carbocycles. The first kappa shape index (κ1) is 23.9. The summed E-state index contributed by atoms with van der Waals surface area (Å²) in [5, 5.41) is 11.0. The Labute approximate surface area is 201 Å². The maximum atomic E-state index is 13.4. The summed E-state index contributed by atoms with van der Waals surface area (Å²) in [6.45, 7) is 16.9. The lowest BCUT2D eigenvalue weighted by Gasteiger charge is -2.74. The van der Waals surface area contributed by atoms with E-state index in [9.17, 15) is 14.7 Å². The molecule has 0 heterocycles. The second-order valence-electron chi connectivity index (χ2n) is 15.1. The molecule has 1 N–H and O–H groups in total. The van der Waals surface area contributed by atoms with Crippen LogP contribution in [0.25, 0.3) is 0 Å². The van der Waals surface area contributed by atoms with E-state index in [1.165, 1.54) is 32.1 Å². The largest absolute Gasteiger partial charge is 0.481 e. The monoisotopic (exact) mass is 456 g/mol. The van der Waals surface area contributed by atoms with Gasteiger partial charge in [0.2, 0.25) is 0 Å². The van der Waals surface area contributed by atoms with Crippen molar-refractivity contribution in [3.05, 3.63) is 0 Å². The van der Waals surface area contributed by atoms with Gasteiger partial charge in [0.25, 0.3) is 0 Å². The number of ketones is 1. The van der Waals surface area contributed by atoms with Crippen LogP contribution in [0.3, 0.4) is 0 Å². The number of carbonyl (C=O) groups excluding carboxylic acids is 1. The molecule has 186 valence electrons. The third-order valence-electron chi connectivity index (χ3n) is 13.6. The summed E-state index contributed by atoms with van der Waals surface area (Å²) in [7, 11) is 0. The molecule has 33 heavy (non-hydrogen) atoms. The molecule has 5 aliphatic rings. The van der Waals surface area contributed by atoms with Crippen LogP contribution >= 0.6 is 0 Å². The molecular formula is C30H48O3. The van der Waals surface area contributed by atoms with Crippen LogP contribution in [-0.2, 0) is 9.59 Å². The average Bonchev–Trinajstić information content (AvgIpc) is 2.74. The molecule has 5 rings (SSSR count). The number of Topliss-reactive ketones (excluding diaryl/α,β-unsaturated/α-hetero) is 1. The van der Waals surface area contributed by atoms with Crippen molar-refractivity contribution in [2.24, 2.45) is 56.2 Å². The molecule has 0 bridgehead atoms. The summed E-state index contributed by atoms with van der Waals surface area (Å²) in [5.74, 6) is 0.839. The fourth-order valence-electron chi connectivity index (χ4n) is 11.1. The van der Waals surface area contributed by atoms with E-state index >= 15 is 0 Å². The zero-order valence-corrected chi connectivity index (χ0v) is 22.4. The van der Waals surface area contributed by atoms with Gasteiger partial charge in [-0.2, -0.15) is 0 Å². The molecule has 0 unspecified atom stereocenters. The Hall–Kier alpha value is -0.860. The van der Waals surface area contributed by atoms with Crippen LogP contribution < -0.4 is 0 Å². The number of hydrogen-bond donors (Lipinski definition) is 1. The summed E-state index contributed by atoms with van der Waals surface area (Å²) in [6.07, 6.45) is 11.6. The summed E-state index contributed by atoms with van der Waals surface area (Å²) in [6, 6.07) is 0. The first-order chi connectivity index (χ1) is 15.2. The number of rotatable bonds is 1. The van der Waals surface area contributed by atoms with Crippen molar-refractivity contribution in [1.82, 2.24) is 0 Å².